The van der Waals surface area contributed by atoms with Crippen LogP contribution in [0.15, 0.2) is 48.5 Å². The number of rotatable bonds is 5. The van der Waals surface area contributed by atoms with Gasteiger partial charge in [0.05, 0.1) is 7.11 Å². The van der Waals surface area contributed by atoms with E-state index in [-0.39, 0.29) is 6.04 Å². The van der Waals surface area contributed by atoms with E-state index in [1.807, 2.05) is 36.4 Å². The number of ether oxygens (including phenoxy) is 1. The summed E-state index contributed by atoms with van der Waals surface area (Å²) in [6.45, 7) is 0. The van der Waals surface area contributed by atoms with Crippen molar-refractivity contribution in [1.29, 1.82) is 0 Å². The lowest BCUT2D eigenvalue weighted by atomic mass is 10.00. The molecule has 2 nitrogen and oxygen atoms in total. The zero-order chi connectivity index (χ0) is 13.7. The first-order valence-electron chi connectivity index (χ1n) is 6.30. The van der Waals surface area contributed by atoms with Gasteiger partial charge in [-0.2, -0.15) is 0 Å². The Balaban J connectivity index is 1.98. The van der Waals surface area contributed by atoms with Crippen LogP contribution in [0.2, 0.25) is 5.02 Å². The SMILES string of the molecule is COc1cccc(CC(N)Cc2cccc(Cl)c2)c1. The minimum Gasteiger partial charge on any atom is -0.497 e. The normalized spacial score (nSPS) is 12.2. The maximum absolute atomic E-state index is 6.20. The molecule has 0 heterocycles. The topological polar surface area (TPSA) is 35.2 Å². The fraction of sp³-hybridized carbons (Fsp3) is 0.250. The lowest BCUT2D eigenvalue weighted by molar-refractivity contribution is 0.414. The molecule has 0 fully saturated rings. The van der Waals surface area contributed by atoms with Crippen LogP contribution in [0, 0.1) is 0 Å². The van der Waals surface area contributed by atoms with Crippen molar-refractivity contribution in [2.45, 2.75) is 18.9 Å². The van der Waals surface area contributed by atoms with E-state index in [1.54, 1.807) is 7.11 Å². The van der Waals surface area contributed by atoms with Crippen LogP contribution in [-0.2, 0) is 12.8 Å². The molecule has 0 saturated heterocycles. The van der Waals surface area contributed by atoms with Crippen LogP contribution in [-0.4, -0.2) is 13.2 Å². The fourth-order valence-corrected chi connectivity index (χ4v) is 2.35. The van der Waals surface area contributed by atoms with Crippen molar-refractivity contribution in [3.05, 3.63) is 64.7 Å². The van der Waals surface area contributed by atoms with Gasteiger partial charge in [0.15, 0.2) is 0 Å². The minimum atomic E-state index is 0.0746. The van der Waals surface area contributed by atoms with Gasteiger partial charge in [0, 0.05) is 11.1 Å². The van der Waals surface area contributed by atoms with Gasteiger partial charge in [-0.3, -0.25) is 0 Å². The van der Waals surface area contributed by atoms with Crippen LogP contribution in [0.5, 0.6) is 5.75 Å². The Bertz CT molecular complexity index is 542. The summed E-state index contributed by atoms with van der Waals surface area (Å²) in [6, 6.07) is 15.9. The summed E-state index contributed by atoms with van der Waals surface area (Å²) in [4.78, 5) is 0. The average Bonchev–Trinajstić information content (AvgIpc) is 2.38. The second kappa shape index (κ2) is 6.60. The van der Waals surface area contributed by atoms with Crippen molar-refractivity contribution in [1.82, 2.24) is 0 Å². The van der Waals surface area contributed by atoms with Crippen molar-refractivity contribution in [3.63, 3.8) is 0 Å². The standard InChI is InChI=1S/C16H18ClNO/c1-19-16-7-3-5-13(11-16)10-15(18)9-12-4-2-6-14(17)8-12/h2-8,11,15H,9-10,18H2,1H3. The first-order chi connectivity index (χ1) is 9.17. The molecule has 0 amide bonds. The van der Waals surface area contributed by atoms with Crippen LogP contribution in [0.3, 0.4) is 0 Å². The third-order valence-corrected chi connectivity index (χ3v) is 3.25. The van der Waals surface area contributed by atoms with Gasteiger partial charge >= 0.3 is 0 Å². The Morgan fingerprint density at radius 2 is 1.68 bits per heavy atom. The molecule has 0 aromatic heterocycles. The quantitative estimate of drug-likeness (QED) is 0.907. The van der Waals surface area contributed by atoms with Crippen LogP contribution in [0.1, 0.15) is 11.1 Å². The van der Waals surface area contributed by atoms with Gasteiger partial charge in [0.2, 0.25) is 0 Å². The van der Waals surface area contributed by atoms with Gasteiger partial charge in [-0.05, 0) is 48.2 Å². The average molecular weight is 276 g/mol. The van der Waals surface area contributed by atoms with Gasteiger partial charge in [-0.1, -0.05) is 35.9 Å². The Morgan fingerprint density at radius 1 is 1.05 bits per heavy atom. The maximum atomic E-state index is 6.20. The summed E-state index contributed by atoms with van der Waals surface area (Å²) in [5.74, 6) is 0.868. The third kappa shape index (κ3) is 4.27. The number of methoxy groups -OCH3 is 1. The summed E-state index contributed by atoms with van der Waals surface area (Å²) >= 11 is 5.97. The molecular formula is C16H18ClNO. The van der Waals surface area contributed by atoms with Crippen LogP contribution < -0.4 is 10.5 Å². The predicted octanol–water partition coefficient (Wildman–Crippen LogP) is 3.46. The molecule has 0 aliphatic carbocycles. The van der Waals surface area contributed by atoms with E-state index in [1.165, 1.54) is 11.1 Å². The van der Waals surface area contributed by atoms with Gasteiger partial charge in [0.1, 0.15) is 5.75 Å². The zero-order valence-electron chi connectivity index (χ0n) is 11.0. The highest BCUT2D eigenvalue weighted by atomic mass is 35.5. The minimum absolute atomic E-state index is 0.0746. The van der Waals surface area contributed by atoms with E-state index in [0.717, 1.165) is 23.6 Å². The molecule has 0 aliphatic rings. The molecule has 19 heavy (non-hydrogen) atoms. The van der Waals surface area contributed by atoms with Crippen molar-refractivity contribution in [3.8, 4) is 5.75 Å². The number of halogens is 1. The summed E-state index contributed by atoms with van der Waals surface area (Å²) < 4.78 is 5.21. The van der Waals surface area contributed by atoms with Gasteiger partial charge in [0.25, 0.3) is 0 Å². The first kappa shape index (κ1) is 13.9. The maximum Gasteiger partial charge on any atom is 0.119 e. The monoisotopic (exact) mass is 275 g/mol. The molecule has 0 spiro atoms. The zero-order valence-corrected chi connectivity index (χ0v) is 11.7. The van der Waals surface area contributed by atoms with Crippen LogP contribution >= 0.6 is 11.6 Å². The highest BCUT2D eigenvalue weighted by molar-refractivity contribution is 6.30. The molecule has 2 aromatic rings. The molecule has 1 unspecified atom stereocenters. The summed E-state index contributed by atoms with van der Waals surface area (Å²) in [6.07, 6.45) is 1.64. The molecule has 0 aliphatic heterocycles. The van der Waals surface area contributed by atoms with Crippen molar-refractivity contribution in [2.75, 3.05) is 7.11 Å². The van der Waals surface area contributed by atoms with Gasteiger partial charge < -0.3 is 10.5 Å². The van der Waals surface area contributed by atoms with E-state index in [4.69, 9.17) is 22.1 Å². The Morgan fingerprint density at radius 3 is 2.32 bits per heavy atom. The molecular weight excluding hydrogens is 258 g/mol. The number of nitrogens with two attached hydrogens (primary N) is 1. The van der Waals surface area contributed by atoms with Crippen molar-refractivity contribution < 1.29 is 4.74 Å². The van der Waals surface area contributed by atoms with E-state index in [2.05, 4.69) is 12.1 Å². The van der Waals surface area contributed by atoms with E-state index in [9.17, 15) is 0 Å². The van der Waals surface area contributed by atoms with Gasteiger partial charge in [-0.15, -0.1) is 0 Å². The largest absolute Gasteiger partial charge is 0.497 e. The molecule has 0 radical (unpaired) electrons. The molecule has 100 valence electrons. The number of hydrogen-bond donors (Lipinski definition) is 1. The lowest BCUT2D eigenvalue weighted by Gasteiger charge is -2.12. The number of benzene rings is 2. The molecule has 3 heteroatoms. The first-order valence-corrected chi connectivity index (χ1v) is 6.68. The third-order valence-electron chi connectivity index (χ3n) is 3.02. The lowest BCUT2D eigenvalue weighted by Crippen LogP contribution is -2.25. The van der Waals surface area contributed by atoms with Crippen LogP contribution in [0.25, 0.3) is 0 Å². The molecule has 1 atom stereocenters. The van der Waals surface area contributed by atoms with Crippen molar-refractivity contribution in [2.24, 2.45) is 5.73 Å². The fourth-order valence-electron chi connectivity index (χ4n) is 2.14. The predicted molar refractivity (Wildman–Crippen MR) is 79.8 cm³/mol. The molecule has 0 saturated carbocycles. The molecule has 2 N–H and O–H groups in total. The van der Waals surface area contributed by atoms with Gasteiger partial charge in [-0.25, -0.2) is 0 Å². The Kier molecular flexibility index (Phi) is 4.83. The van der Waals surface area contributed by atoms with E-state index >= 15 is 0 Å². The highest BCUT2D eigenvalue weighted by Crippen LogP contribution is 2.16. The molecule has 0 bridgehead atoms. The molecule has 2 rings (SSSR count). The van der Waals surface area contributed by atoms with E-state index in [0.29, 0.717) is 0 Å². The second-order valence-electron chi connectivity index (χ2n) is 4.65. The van der Waals surface area contributed by atoms with E-state index < -0.39 is 0 Å². The van der Waals surface area contributed by atoms with Crippen LogP contribution in [0.4, 0.5) is 0 Å². The second-order valence-corrected chi connectivity index (χ2v) is 5.09. The summed E-state index contributed by atoms with van der Waals surface area (Å²) in [7, 11) is 1.67. The smallest absolute Gasteiger partial charge is 0.119 e. The van der Waals surface area contributed by atoms with Crippen molar-refractivity contribution >= 4 is 11.6 Å². The Hall–Kier alpha value is -1.51. The summed E-state index contributed by atoms with van der Waals surface area (Å²) in [5, 5.41) is 0.756. The number of hydrogen-bond acceptors (Lipinski definition) is 2. The highest BCUT2D eigenvalue weighted by Gasteiger charge is 2.06. The summed E-state index contributed by atoms with van der Waals surface area (Å²) in [5.41, 5.74) is 8.55. The Labute approximate surface area is 119 Å². The molecule has 2 aromatic carbocycles.